The molecule has 1 saturated carbocycles. The lowest BCUT2D eigenvalue weighted by Gasteiger charge is -2.19. The highest BCUT2D eigenvalue weighted by Gasteiger charge is 2.47. The van der Waals surface area contributed by atoms with Crippen molar-refractivity contribution in [3.63, 3.8) is 0 Å². The van der Waals surface area contributed by atoms with E-state index in [1.807, 2.05) is 17.5 Å². The van der Waals surface area contributed by atoms with Crippen molar-refractivity contribution in [2.24, 2.45) is 11.8 Å². The molecule has 1 aromatic heterocycles. The van der Waals surface area contributed by atoms with Crippen LogP contribution in [-0.2, 0) is 32.6 Å². The first-order valence-electron chi connectivity index (χ1n) is 10.3. The van der Waals surface area contributed by atoms with Gasteiger partial charge in [0.2, 0.25) is 21.8 Å². The van der Waals surface area contributed by atoms with Crippen molar-refractivity contribution in [1.29, 1.82) is 0 Å². The van der Waals surface area contributed by atoms with Crippen LogP contribution in [0.4, 0.5) is 0 Å². The minimum Gasteiger partial charge on any atom is -0.278 e. The van der Waals surface area contributed by atoms with Crippen LogP contribution < -0.4 is 4.72 Å². The minimum absolute atomic E-state index is 0.108. The largest absolute Gasteiger partial charge is 0.278 e. The summed E-state index contributed by atoms with van der Waals surface area (Å²) in [5, 5.41) is 1.97. The van der Waals surface area contributed by atoms with E-state index >= 15 is 0 Å². The number of carbonyl (C=O) groups is 2. The minimum atomic E-state index is -3.68. The van der Waals surface area contributed by atoms with Gasteiger partial charge in [-0.1, -0.05) is 31.0 Å². The number of sulfonamides is 1. The van der Waals surface area contributed by atoms with Crippen molar-refractivity contribution < 1.29 is 18.0 Å². The van der Waals surface area contributed by atoms with Gasteiger partial charge in [0.1, 0.15) is 0 Å². The number of fused-ring (bicyclic) bond motifs is 1. The van der Waals surface area contributed by atoms with Gasteiger partial charge in [0.05, 0.1) is 23.3 Å². The molecule has 0 spiro atoms. The quantitative estimate of drug-likeness (QED) is 0.662. The SMILES string of the molecule is Cc1ccc(CN2C(=O)C3CCCCC3C2=O)cc1S(=O)(=O)NCCc1cccs1. The Labute approximate surface area is 181 Å². The monoisotopic (exact) mass is 446 g/mol. The zero-order valence-corrected chi connectivity index (χ0v) is 18.6. The summed E-state index contributed by atoms with van der Waals surface area (Å²) in [4.78, 5) is 28.1. The lowest BCUT2D eigenvalue weighted by molar-refractivity contribution is -0.140. The van der Waals surface area contributed by atoms with Crippen LogP contribution in [0, 0.1) is 18.8 Å². The average Bonchev–Trinajstić information content (AvgIpc) is 3.32. The van der Waals surface area contributed by atoms with Gasteiger partial charge in [-0.2, -0.15) is 0 Å². The lowest BCUT2D eigenvalue weighted by atomic mass is 9.81. The topological polar surface area (TPSA) is 83.6 Å². The van der Waals surface area contributed by atoms with Crippen LogP contribution in [0.3, 0.4) is 0 Å². The summed E-state index contributed by atoms with van der Waals surface area (Å²) in [6, 6.07) is 9.04. The molecule has 0 bridgehead atoms. The first kappa shape index (κ1) is 21.2. The molecule has 6 nitrogen and oxygen atoms in total. The van der Waals surface area contributed by atoms with E-state index in [9.17, 15) is 18.0 Å². The molecule has 8 heteroatoms. The summed E-state index contributed by atoms with van der Waals surface area (Å²) in [7, 11) is -3.68. The third kappa shape index (κ3) is 4.22. The number of rotatable bonds is 7. The maximum Gasteiger partial charge on any atom is 0.240 e. The third-order valence-electron chi connectivity index (χ3n) is 6.06. The van der Waals surface area contributed by atoms with Crippen molar-refractivity contribution >= 4 is 33.2 Å². The number of hydrogen-bond donors (Lipinski definition) is 1. The fraction of sp³-hybridized carbons (Fsp3) is 0.455. The van der Waals surface area contributed by atoms with E-state index in [4.69, 9.17) is 0 Å². The molecule has 2 aliphatic rings. The molecule has 1 aliphatic heterocycles. The fourth-order valence-electron chi connectivity index (χ4n) is 4.44. The molecule has 160 valence electrons. The Kier molecular flexibility index (Phi) is 6.09. The Morgan fingerprint density at radius 2 is 1.80 bits per heavy atom. The van der Waals surface area contributed by atoms with Gasteiger partial charge in [0, 0.05) is 11.4 Å². The Bertz CT molecular complexity index is 1020. The molecule has 2 fully saturated rings. The molecular formula is C22H26N2O4S2. The van der Waals surface area contributed by atoms with Crippen molar-refractivity contribution in [2.75, 3.05) is 6.54 Å². The van der Waals surface area contributed by atoms with E-state index in [0.29, 0.717) is 24.1 Å². The van der Waals surface area contributed by atoms with E-state index < -0.39 is 10.0 Å². The number of benzene rings is 1. The second-order valence-electron chi connectivity index (χ2n) is 8.09. The van der Waals surface area contributed by atoms with Crippen molar-refractivity contribution in [3.8, 4) is 0 Å². The van der Waals surface area contributed by atoms with Gasteiger partial charge < -0.3 is 0 Å². The van der Waals surface area contributed by atoms with Gasteiger partial charge in [0.15, 0.2) is 0 Å². The zero-order chi connectivity index (χ0) is 21.3. The Morgan fingerprint density at radius 3 is 2.43 bits per heavy atom. The Hall–Kier alpha value is -2.03. The number of aryl methyl sites for hydroxylation is 1. The summed E-state index contributed by atoms with van der Waals surface area (Å²) in [5.74, 6) is -0.606. The van der Waals surface area contributed by atoms with Gasteiger partial charge in [-0.25, -0.2) is 13.1 Å². The number of nitrogens with zero attached hydrogens (tertiary/aromatic N) is 1. The van der Waals surface area contributed by atoms with E-state index in [1.165, 1.54) is 4.90 Å². The van der Waals surface area contributed by atoms with E-state index in [-0.39, 0.29) is 35.1 Å². The number of nitrogens with one attached hydrogen (secondary N) is 1. The Morgan fingerprint density at radius 1 is 1.10 bits per heavy atom. The number of thiophene rings is 1. The predicted molar refractivity (Wildman–Crippen MR) is 115 cm³/mol. The van der Waals surface area contributed by atoms with Crippen LogP contribution in [0.25, 0.3) is 0 Å². The molecule has 2 atom stereocenters. The van der Waals surface area contributed by atoms with Crippen LogP contribution in [0.2, 0.25) is 0 Å². The van der Waals surface area contributed by atoms with E-state index in [0.717, 1.165) is 30.6 Å². The third-order valence-corrected chi connectivity index (χ3v) is 8.60. The van der Waals surface area contributed by atoms with Crippen LogP contribution in [-0.4, -0.2) is 31.7 Å². The molecule has 0 radical (unpaired) electrons. The van der Waals surface area contributed by atoms with Crippen LogP contribution in [0.5, 0.6) is 0 Å². The second-order valence-corrected chi connectivity index (χ2v) is 10.9. The molecule has 1 saturated heterocycles. The number of likely N-dealkylation sites (tertiary alicyclic amines) is 1. The lowest BCUT2D eigenvalue weighted by Crippen LogP contribution is -2.31. The smallest absolute Gasteiger partial charge is 0.240 e. The zero-order valence-electron chi connectivity index (χ0n) is 17.0. The Balaban J connectivity index is 1.49. The standard InChI is InChI=1S/C22H26N2O4S2/c1-15-8-9-16(14-24-21(25)18-6-2-3-7-19(18)22(24)26)13-20(15)30(27,28)23-11-10-17-5-4-12-29-17/h4-5,8-9,12-13,18-19,23H,2-3,6-7,10-11,14H2,1H3. The number of carbonyl (C=O) groups excluding carboxylic acids is 2. The van der Waals surface area contributed by atoms with Gasteiger partial charge in [-0.3, -0.25) is 14.5 Å². The summed E-state index contributed by atoms with van der Waals surface area (Å²) < 4.78 is 28.4. The normalized spacial score (nSPS) is 21.8. The molecule has 2 aromatic rings. The number of amides is 2. The molecule has 30 heavy (non-hydrogen) atoms. The molecule has 2 heterocycles. The van der Waals surface area contributed by atoms with Gasteiger partial charge >= 0.3 is 0 Å². The van der Waals surface area contributed by atoms with Crippen LogP contribution >= 0.6 is 11.3 Å². The van der Waals surface area contributed by atoms with Crippen molar-refractivity contribution in [1.82, 2.24) is 9.62 Å². The highest BCUT2D eigenvalue weighted by Crippen LogP contribution is 2.38. The predicted octanol–water partition coefficient (Wildman–Crippen LogP) is 3.25. The first-order chi connectivity index (χ1) is 14.4. The molecule has 1 aliphatic carbocycles. The van der Waals surface area contributed by atoms with Crippen LogP contribution in [0.1, 0.15) is 41.7 Å². The average molecular weight is 447 g/mol. The van der Waals surface area contributed by atoms with Crippen molar-refractivity contribution in [3.05, 3.63) is 51.7 Å². The molecule has 1 aromatic carbocycles. The van der Waals surface area contributed by atoms with Gasteiger partial charge in [0.25, 0.3) is 0 Å². The molecular weight excluding hydrogens is 420 g/mol. The van der Waals surface area contributed by atoms with Gasteiger partial charge in [-0.15, -0.1) is 11.3 Å². The highest BCUT2D eigenvalue weighted by atomic mass is 32.2. The summed E-state index contributed by atoms with van der Waals surface area (Å²) in [6.45, 7) is 2.19. The maximum absolute atomic E-state index is 12.8. The summed E-state index contributed by atoms with van der Waals surface area (Å²) >= 11 is 1.60. The molecule has 2 amide bonds. The van der Waals surface area contributed by atoms with Crippen molar-refractivity contribution in [2.45, 2.75) is 50.5 Å². The molecule has 1 N–H and O–H groups in total. The first-order valence-corrected chi connectivity index (χ1v) is 12.7. The maximum atomic E-state index is 12.8. The van der Waals surface area contributed by atoms with Crippen LogP contribution in [0.15, 0.2) is 40.6 Å². The molecule has 2 unspecified atom stereocenters. The van der Waals surface area contributed by atoms with Gasteiger partial charge in [-0.05, 0) is 54.8 Å². The van der Waals surface area contributed by atoms with E-state index in [1.54, 1.807) is 36.5 Å². The number of imide groups is 1. The number of hydrogen-bond acceptors (Lipinski definition) is 5. The van der Waals surface area contributed by atoms with E-state index in [2.05, 4.69) is 4.72 Å². The second kappa shape index (κ2) is 8.61. The summed E-state index contributed by atoms with van der Waals surface area (Å²) in [5.41, 5.74) is 1.29. The fourth-order valence-corrected chi connectivity index (χ4v) is 6.48. The highest BCUT2D eigenvalue weighted by molar-refractivity contribution is 7.89. The molecule has 4 rings (SSSR count). The summed E-state index contributed by atoms with van der Waals surface area (Å²) in [6.07, 6.45) is 4.15.